The van der Waals surface area contributed by atoms with E-state index in [1.807, 2.05) is 0 Å². The first-order valence-electron chi connectivity index (χ1n) is 10.2. The minimum absolute atomic E-state index is 0.0769. The molecule has 0 saturated heterocycles. The number of nitrogens with zero attached hydrogens (tertiary/aromatic N) is 5. The molecule has 0 spiro atoms. The largest absolute Gasteiger partial charge is 0.484 e. The van der Waals surface area contributed by atoms with Crippen LogP contribution in [-0.2, 0) is 9.59 Å². The molecular weight excluding hydrogens is 400 g/mol. The van der Waals surface area contributed by atoms with E-state index in [4.69, 9.17) is 4.74 Å². The smallest absolute Gasteiger partial charge is 0.446 e. The molecule has 10 heteroatoms. The number of likely N-dealkylation sites (N-methyl/N-ethyl adjacent to an activating group) is 1. The Labute approximate surface area is 180 Å². The minimum atomic E-state index is -0.483. The van der Waals surface area contributed by atoms with Crippen molar-refractivity contribution < 1.29 is 23.7 Å². The van der Waals surface area contributed by atoms with Crippen LogP contribution in [0, 0.1) is 0 Å². The highest BCUT2D eigenvalue weighted by molar-refractivity contribution is 6.70. The highest BCUT2D eigenvalue weighted by atomic mass is 16.5. The van der Waals surface area contributed by atoms with Crippen molar-refractivity contribution in [2.24, 2.45) is 9.98 Å². The predicted molar refractivity (Wildman–Crippen MR) is 116 cm³/mol. The van der Waals surface area contributed by atoms with E-state index < -0.39 is 11.9 Å². The molecule has 2 aliphatic heterocycles. The number of carbonyl (C=O) groups is 3. The molecule has 164 valence electrons. The van der Waals surface area contributed by atoms with E-state index in [9.17, 15) is 14.4 Å². The molecular formula is C21H27N6O4+. The molecule has 2 heterocycles. The van der Waals surface area contributed by atoms with E-state index in [1.165, 1.54) is 11.6 Å². The number of hydrogen-bond donors (Lipinski definition) is 1. The number of rotatable bonds is 9. The Kier molecular flexibility index (Phi) is 6.91. The number of amidine groups is 2. The Hall–Kier alpha value is -3.40. The lowest BCUT2D eigenvalue weighted by Gasteiger charge is -2.17. The molecule has 10 nitrogen and oxygen atoms in total. The van der Waals surface area contributed by atoms with Crippen molar-refractivity contribution in [3.8, 4) is 5.75 Å². The molecule has 31 heavy (non-hydrogen) atoms. The van der Waals surface area contributed by atoms with Gasteiger partial charge in [0.25, 0.3) is 5.91 Å². The molecule has 0 saturated carbocycles. The molecule has 0 aromatic heterocycles. The summed E-state index contributed by atoms with van der Waals surface area (Å²) >= 11 is 0. The maximum atomic E-state index is 12.3. The number of hydrogen-bond acceptors (Lipinski definition) is 7. The summed E-state index contributed by atoms with van der Waals surface area (Å²) < 4.78 is 6.83. The number of aliphatic imine (C=N–C) groups is 2. The van der Waals surface area contributed by atoms with Gasteiger partial charge in [-0.25, -0.2) is 9.59 Å². The minimum Gasteiger partial charge on any atom is -0.484 e. The van der Waals surface area contributed by atoms with Crippen LogP contribution in [0.3, 0.4) is 0 Å². The molecule has 0 radical (unpaired) electrons. The highest BCUT2D eigenvalue weighted by Gasteiger charge is 2.44. The standard InChI is InChI=1S/C21H26N6O4/c1-5-27(6-2)12-11-22-16(28)13-31-15-9-7-14(8-10-15)18-23-17-19(24-18)25(3)21(30)26(4)20(17)29/h7-10H,5-6,11-13H2,1-4H3/p+1. The average molecular weight is 427 g/mol. The first-order valence-corrected chi connectivity index (χ1v) is 10.2. The molecule has 1 aromatic rings. The second-order valence-corrected chi connectivity index (χ2v) is 7.12. The second kappa shape index (κ2) is 9.61. The molecule has 0 unspecified atom stereocenters. The molecule has 0 atom stereocenters. The normalized spacial score (nSPS) is 15.8. The molecule has 3 rings (SSSR count). The highest BCUT2D eigenvalue weighted by Crippen LogP contribution is 2.17. The van der Waals surface area contributed by atoms with Crippen LogP contribution in [0.1, 0.15) is 19.4 Å². The van der Waals surface area contributed by atoms with Crippen LogP contribution in [0.4, 0.5) is 4.79 Å². The van der Waals surface area contributed by atoms with Gasteiger partial charge in [-0.2, -0.15) is 14.5 Å². The van der Waals surface area contributed by atoms with Gasteiger partial charge in [-0.15, -0.1) is 0 Å². The predicted octanol–water partition coefficient (Wildman–Crippen LogP) is 0.357. The molecule has 1 N–H and O–H groups in total. The molecule has 1 aromatic carbocycles. The number of amides is 4. The Morgan fingerprint density at radius 1 is 1.16 bits per heavy atom. The zero-order valence-corrected chi connectivity index (χ0v) is 18.2. The summed E-state index contributed by atoms with van der Waals surface area (Å²) in [5, 5.41) is 2.84. The number of ether oxygens (including phenoxy) is 1. The molecule has 0 aliphatic carbocycles. The van der Waals surface area contributed by atoms with Crippen LogP contribution in [0.25, 0.3) is 0 Å². The van der Waals surface area contributed by atoms with Crippen molar-refractivity contribution in [3.63, 3.8) is 0 Å². The fraction of sp³-hybridized carbons (Fsp3) is 0.429. The van der Waals surface area contributed by atoms with E-state index in [0.29, 0.717) is 23.7 Å². The molecule has 2 aliphatic rings. The summed E-state index contributed by atoms with van der Waals surface area (Å²) in [7, 11) is 2.96. The maximum absolute atomic E-state index is 12.3. The second-order valence-electron chi connectivity index (χ2n) is 7.12. The fourth-order valence-corrected chi connectivity index (χ4v) is 3.20. The van der Waals surface area contributed by atoms with Crippen molar-refractivity contribution in [3.05, 3.63) is 29.8 Å². The van der Waals surface area contributed by atoms with Crippen molar-refractivity contribution in [1.29, 1.82) is 0 Å². The van der Waals surface area contributed by atoms with Gasteiger partial charge in [-0.05, 0) is 37.4 Å². The summed E-state index contributed by atoms with van der Waals surface area (Å²) in [6.07, 6.45) is 0. The van der Waals surface area contributed by atoms with E-state index >= 15 is 0 Å². The van der Waals surface area contributed by atoms with Crippen LogP contribution in [0.15, 0.2) is 34.3 Å². The SMILES string of the molecule is CCN(CC)CCNC(=O)COc1ccc(C2=NC3=[N+](C)C(=O)N(C)C(=O)C3=N2)cc1. The van der Waals surface area contributed by atoms with Crippen LogP contribution >= 0.6 is 0 Å². The third kappa shape index (κ3) is 4.85. The third-order valence-electron chi connectivity index (χ3n) is 5.17. The number of nitrogens with one attached hydrogen (secondary N) is 1. The van der Waals surface area contributed by atoms with Gasteiger partial charge in [-0.3, -0.25) is 4.79 Å². The first-order chi connectivity index (χ1) is 14.8. The van der Waals surface area contributed by atoms with Gasteiger partial charge >= 0.3 is 17.8 Å². The number of imide groups is 1. The maximum Gasteiger partial charge on any atom is 0.446 e. The van der Waals surface area contributed by atoms with E-state index in [0.717, 1.165) is 24.5 Å². The lowest BCUT2D eigenvalue weighted by molar-refractivity contribution is -0.401. The molecule has 4 amide bonds. The summed E-state index contributed by atoms with van der Waals surface area (Å²) in [5.41, 5.74) is 0.808. The Bertz CT molecular complexity index is 976. The number of fused-ring (bicyclic) bond motifs is 1. The van der Waals surface area contributed by atoms with Crippen LogP contribution in [-0.4, -0.2) is 96.5 Å². The van der Waals surface area contributed by atoms with Crippen LogP contribution in [0.2, 0.25) is 0 Å². The zero-order chi connectivity index (χ0) is 22.5. The number of urea groups is 1. The third-order valence-corrected chi connectivity index (χ3v) is 5.17. The summed E-state index contributed by atoms with van der Waals surface area (Å²) in [6, 6.07) is 6.44. The van der Waals surface area contributed by atoms with E-state index in [1.54, 1.807) is 31.3 Å². The molecule has 0 bridgehead atoms. The van der Waals surface area contributed by atoms with Gasteiger partial charge in [-0.1, -0.05) is 18.8 Å². The van der Waals surface area contributed by atoms with Crippen LogP contribution < -0.4 is 10.1 Å². The number of carbonyl (C=O) groups excluding carboxylic acids is 3. The Morgan fingerprint density at radius 3 is 2.48 bits per heavy atom. The monoisotopic (exact) mass is 427 g/mol. The van der Waals surface area contributed by atoms with Crippen molar-refractivity contribution in [1.82, 2.24) is 15.1 Å². The van der Waals surface area contributed by atoms with Crippen molar-refractivity contribution >= 4 is 35.2 Å². The quantitative estimate of drug-likeness (QED) is 0.573. The Morgan fingerprint density at radius 2 is 1.84 bits per heavy atom. The first kappa shape index (κ1) is 22.3. The fourth-order valence-electron chi connectivity index (χ4n) is 3.20. The zero-order valence-electron chi connectivity index (χ0n) is 18.2. The van der Waals surface area contributed by atoms with Gasteiger partial charge in [0.2, 0.25) is 11.5 Å². The lowest BCUT2D eigenvalue weighted by Crippen LogP contribution is -2.51. The number of benzene rings is 1. The summed E-state index contributed by atoms with van der Waals surface area (Å²) in [6.45, 7) is 7.37. The summed E-state index contributed by atoms with van der Waals surface area (Å²) in [4.78, 5) is 48.2. The lowest BCUT2D eigenvalue weighted by atomic mass is 10.2. The van der Waals surface area contributed by atoms with Crippen molar-refractivity contribution in [2.45, 2.75) is 13.8 Å². The Balaban J connectivity index is 1.58. The average Bonchev–Trinajstić information content (AvgIpc) is 3.24. The topological polar surface area (TPSA) is 107 Å². The van der Waals surface area contributed by atoms with Gasteiger partial charge in [0.15, 0.2) is 6.61 Å². The van der Waals surface area contributed by atoms with Gasteiger partial charge in [0.05, 0.1) is 14.1 Å². The van der Waals surface area contributed by atoms with E-state index in [2.05, 4.69) is 34.0 Å². The molecule has 0 fully saturated rings. The van der Waals surface area contributed by atoms with Gasteiger partial charge in [0.1, 0.15) is 5.75 Å². The summed E-state index contributed by atoms with van der Waals surface area (Å²) in [5.74, 6) is 0.447. The van der Waals surface area contributed by atoms with Crippen LogP contribution in [0.5, 0.6) is 5.75 Å². The van der Waals surface area contributed by atoms with Gasteiger partial charge < -0.3 is 15.0 Å². The van der Waals surface area contributed by atoms with E-state index in [-0.39, 0.29) is 24.1 Å². The van der Waals surface area contributed by atoms with Crippen molar-refractivity contribution in [2.75, 3.05) is 46.9 Å². The van der Waals surface area contributed by atoms with Gasteiger partial charge in [0, 0.05) is 18.7 Å².